The van der Waals surface area contributed by atoms with Crippen LogP contribution in [0.15, 0.2) is 217 Å². The molecule has 0 aliphatic heterocycles. The number of benzene rings is 10. The van der Waals surface area contributed by atoms with Crippen LogP contribution in [0.1, 0.15) is 0 Å². The molecule has 0 saturated carbocycles. The van der Waals surface area contributed by atoms with E-state index in [1.54, 1.807) is 0 Å². The first-order chi connectivity index (χ1) is 27.7. The van der Waals surface area contributed by atoms with Gasteiger partial charge in [-0.25, -0.2) is 0 Å². The average Bonchev–Trinajstić information content (AvgIpc) is 3.71. The zero-order valence-electron chi connectivity index (χ0n) is 30.6. The monoisotopic (exact) mass is 713 g/mol. The van der Waals surface area contributed by atoms with Gasteiger partial charge in [0.05, 0.1) is 5.69 Å². The Morgan fingerprint density at radius 1 is 0.304 bits per heavy atom. The summed E-state index contributed by atoms with van der Waals surface area (Å²) in [7, 11) is 0. The lowest BCUT2D eigenvalue weighted by Crippen LogP contribution is -2.10. The van der Waals surface area contributed by atoms with E-state index in [0.717, 1.165) is 61.6 Å². The fraction of sp³-hybridized carbons (Fsp3) is 0. The summed E-state index contributed by atoms with van der Waals surface area (Å²) in [5, 5.41) is 11.0. The molecule has 0 bridgehead atoms. The first-order valence-electron chi connectivity index (χ1n) is 19.2. The zero-order chi connectivity index (χ0) is 37.0. The van der Waals surface area contributed by atoms with E-state index in [1.807, 2.05) is 12.1 Å². The quantitative estimate of drug-likeness (QED) is 0.160. The number of rotatable bonds is 6. The lowest BCUT2D eigenvalue weighted by molar-refractivity contribution is 0.632. The van der Waals surface area contributed by atoms with Gasteiger partial charge >= 0.3 is 0 Å². The first-order valence-corrected chi connectivity index (χ1v) is 19.2. The molecule has 10 aromatic carbocycles. The second-order valence-corrected chi connectivity index (χ2v) is 14.5. The highest BCUT2D eigenvalue weighted by atomic mass is 16.3. The van der Waals surface area contributed by atoms with Gasteiger partial charge in [-0.3, -0.25) is 0 Å². The summed E-state index contributed by atoms with van der Waals surface area (Å²) < 4.78 is 6.47. The van der Waals surface area contributed by atoms with Crippen molar-refractivity contribution in [1.82, 2.24) is 0 Å². The van der Waals surface area contributed by atoms with Crippen LogP contribution in [0.3, 0.4) is 0 Å². The Morgan fingerprint density at radius 2 is 0.893 bits per heavy atom. The lowest BCUT2D eigenvalue weighted by atomic mass is 9.93. The summed E-state index contributed by atoms with van der Waals surface area (Å²) in [5.74, 6) is 0.863. The van der Waals surface area contributed by atoms with Gasteiger partial charge in [-0.05, 0) is 108 Å². The van der Waals surface area contributed by atoms with Gasteiger partial charge in [-0.2, -0.15) is 0 Å². The fourth-order valence-electron chi connectivity index (χ4n) is 8.50. The van der Waals surface area contributed by atoms with E-state index in [2.05, 4.69) is 205 Å². The van der Waals surface area contributed by atoms with E-state index >= 15 is 0 Å². The SMILES string of the molecule is c1ccc(-c2ccc(-c3ccc(N(c4ccc5c(ccc6ccccc65)c4)c4cc5ccccc5c5ccccc45)cc3)cc2-c2cc3ccccc3o2)cc1. The van der Waals surface area contributed by atoms with Crippen LogP contribution < -0.4 is 4.90 Å². The highest BCUT2D eigenvalue weighted by molar-refractivity contribution is 6.15. The first kappa shape index (κ1) is 32.0. The molecule has 0 aliphatic rings. The van der Waals surface area contributed by atoms with Gasteiger partial charge in [0.1, 0.15) is 11.3 Å². The molecule has 11 aromatic rings. The number of hydrogen-bond acceptors (Lipinski definition) is 2. The third-order valence-corrected chi connectivity index (χ3v) is 11.2. The van der Waals surface area contributed by atoms with Gasteiger partial charge in [0.25, 0.3) is 0 Å². The minimum Gasteiger partial charge on any atom is -0.456 e. The molecular formula is C54H35NO. The Balaban J connectivity index is 1.07. The van der Waals surface area contributed by atoms with E-state index in [9.17, 15) is 0 Å². The average molecular weight is 714 g/mol. The summed E-state index contributed by atoms with van der Waals surface area (Å²) in [6.07, 6.45) is 0. The molecule has 0 amide bonds. The molecule has 262 valence electrons. The largest absolute Gasteiger partial charge is 0.456 e. The molecule has 56 heavy (non-hydrogen) atoms. The summed E-state index contributed by atoms with van der Waals surface area (Å²) in [4.78, 5) is 2.42. The topological polar surface area (TPSA) is 16.4 Å². The number of anilines is 3. The zero-order valence-corrected chi connectivity index (χ0v) is 30.6. The maximum absolute atomic E-state index is 6.47. The normalized spacial score (nSPS) is 11.6. The van der Waals surface area contributed by atoms with Crippen molar-refractivity contribution in [3.8, 4) is 33.6 Å². The standard InChI is InChI=1S/C54H35NO/c1-2-12-37(13-3-1)47-30-26-39(33-51(47)54-35-42-16-6-11-21-53(42)56-54)36-24-27-43(28-25-36)55(44-29-31-48-41(32-44)23-22-38-14-4-7-17-45(38)48)52-34-40-15-5-8-18-46(40)49-19-9-10-20-50(49)52/h1-35H. The van der Waals surface area contributed by atoms with Crippen molar-refractivity contribution < 1.29 is 4.42 Å². The molecule has 0 aliphatic carbocycles. The fourth-order valence-corrected chi connectivity index (χ4v) is 8.50. The van der Waals surface area contributed by atoms with Crippen LogP contribution in [0.4, 0.5) is 17.1 Å². The second kappa shape index (κ2) is 13.2. The molecule has 0 fully saturated rings. The van der Waals surface area contributed by atoms with E-state index < -0.39 is 0 Å². The Kier molecular flexibility index (Phi) is 7.53. The molecule has 0 atom stereocenters. The molecule has 0 radical (unpaired) electrons. The third-order valence-electron chi connectivity index (χ3n) is 11.2. The van der Waals surface area contributed by atoms with Crippen molar-refractivity contribution in [3.63, 3.8) is 0 Å². The van der Waals surface area contributed by atoms with Crippen LogP contribution in [0.2, 0.25) is 0 Å². The molecule has 1 aromatic heterocycles. The van der Waals surface area contributed by atoms with Gasteiger partial charge in [0.15, 0.2) is 0 Å². The molecule has 0 saturated heterocycles. The smallest absolute Gasteiger partial charge is 0.136 e. The molecule has 0 N–H and O–H groups in total. The highest BCUT2D eigenvalue weighted by Crippen LogP contribution is 2.44. The van der Waals surface area contributed by atoms with E-state index in [-0.39, 0.29) is 0 Å². The number of fused-ring (bicyclic) bond motifs is 7. The van der Waals surface area contributed by atoms with Crippen molar-refractivity contribution in [2.45, 2.75) is 0 Å². The molecule has 0 unspecified atom stereocenters. The Bertz CT molecular complexity index is 3220. The molecule has 11 rings (SSSR count). The van der Waals surface area contributed by atoms with Gasteiger partial charge in [-0.1, -0.05) is 164 Å². The van der Waals surface area contributed by atoms with Crippen LogP contribution in [0.5, 0.6) is 0 Å². The Hall–Kier alpha value is -7.42. The van der Waals surface area contributed by atoms with Crippen molar-refractivity contribution in [3.05, 3.63) is 212 Å². The summed E-state index contributed by atoms with van der Waals surface area (Å²) >= 11 is 0. The predicted octanol–water partition coefficient (Wildman–Crippen LogP) is 15.5. The van der Waals surface area contributed by atoms with Crippen molar-refractivity contribution in [2.24, 2.45) is 0 Å². The van der Waals surface area contributed by atoms with E-state index in [1.165, 1.54) is 43.1 Å². The van der Waals surface area contributed by atoms with Crippen molar-refractivity contribution in [2.75, 3.05) is 4.90 Å². The highest BCUT2D eigenvalue weighted by Gasteiger charge is 2.19. The van der Waals surface area contributed by atoms with Crippen LogP contribution >= 0.6 is 0 Å². The number of para-hydroxylation sites is 1. The van der Waals surface area contributed by atoms with Crippen LogP contribution in [0, 0.1) is 0 Å². The van der Waals surface area contributed by atoms with Crippen molar-refractivity contribution in [1.29, 1.82) is 0 Å². The maximum Gasteiger partial charge on any atom is 0.136 e. The van der Waals surface area contributed by atoms with Gasteiger partial charge in [-0.15, -0.1) is 0 Å². The van der Waals surface area contributed by atoms with Crippen LogP contribution in [-0.4, -0.2) is 0 Å². The van der Waals surface area contributed by atoms with E-state index in [4.69, 9.17) is 4.42 Å². The summed E-state index contributed by atoms with van der Waals surface area (Å²) in [6.45, 7) is 0. The molecule has 2 nitrogen and oxygen atoms in total. The number of furan rings is 1. The van der Waals surface area contributed by atoms with Crippen molar-refractivity contribution >= 4 is 71.1 Å². The predicted molar refractivity (Wildman–Crippen MR) is 237 cm³/mol. The molecule has 2 heteroatoms. The Labute approximate surface area is 325 Å². The number of hydrogen-bond donors (Lipinski definition) is 0. The minimum absolute atomic E-state index is 0.863. The van der Waals surface area contributed by atoms with Crippen LogP contribution in [0.25, 0.3) is 87.6 Å². The minimum atomic E-state index is 0.863. The van der Waals surface area contributed by atoms with Gasteiger partial charge < -0.3 is 9.32 Å². The molecule has 0 spiro atoms. The second-order valence-electron chi connectivity index (χ2n) is 14.5. The van der Waals surface area contributed by atoms with E-state index in [0.29, 0.717) is 0 Å². The third kappa shape index (κ3) is 5.42. The lowest BCUT2D eigenvalue weighted by Gasteiger charge is -2.28. The number of nitrogens with zero attached hydrogens (tertiary/aromatic N) is 1. The van der Waals surface area contributed by atoms with Crippen LogP contribution in [-0.2, 0) is 0 Å². The summed E-state index contributed by atoms with van der Waals surface area (Å²) in [5.41, 5.74) is 9.88. The van der Waals surface area contributed by atoms with Gasteiger partial charge in [0.2, 0.25) is 0 Å². The summed E-state index contributed by atoms with van der Waals surface area (Å²) in [6, 6.07) is 76.5. The molecular weight excluding hydrogens is 679 g/mol. The van der Waals surface area contributed by atoms with Gasteiger partial charge in [0, 0.05) is 27.7 Å². The Morgan fingerprint density at radius 3 is 1.70 bits per heavy atom. The maximum atomic E-state index is 6.47. The molecule has 1 heterocycles.